The molecule has 6 heteroatoms. The van der Waals surface area contributed by atoms with E-state index >= 15 is 0 Å². The highest BCUT2D eigenvalue weighted by Gasteiger charge is 2.39. The Morgan fingerprint density at radius 3 is 2.50 bits per heavy atom. The van der Waals surface area contributed by atoms with Gasteiger partial charge in [-0.2, -0.15) is 0 Å². The third kappa shape index (κ3) is 3.87. The Balaban J connectivity index is 2.57. The normalized spacial score (nSPS) is 25.3. The molecule has 2 amide bonds. The van der Waals surface area contributed by atoms with Crippen molar-refractivity contribution in [1.29, 1.82) is 0 Å². The summed E-state index contributed by atoms with van der Waals surface area (Å²) < 4.78 is 0. The lowest BCUT2D eigenvalue weighted by Gasteiger charge is -2.24. The van der Waals surface area contributed by atoms with Crippen LogP contribution in [0.4, 0.5) is 4.79 Å². The maximum Gasteiger partial charge on any atom is 0.326 e. The van der Waals surface area contributed by atoms with E-state index < -0.39 is 24.1 Å². The third-order valence-corrected chi connectivity index (χ3v) is 3.02. The Morgan fingerprint density at radius 2 is 2.00 bits per heavy atom. The van der Waals surface area contributed by atoms with Gasteiger partial charge in [0.1, 0.15) is 6.04 Å². The third-order valence-electron chi connectivity index (χ3n) is 3.02. The van der Waals surface area contributed by atoms with Crippen molar-refractivity contribution < 1.29 is 19.8 Å². The summed E-state index contributed by atoms with van der Waals surface area (Å²) in [5.41, 5.74) is 0. The summed E-state index contributed by atoms with van der Waals surface area (Å²) >= 11 is 0. The fourth-order valence-electron chi connectivity index (χ4n) is 2.33. The van der Waals surface area contributed by atoms with Crippen molar-refractivity contribution in [1.82, 2.24) is 10.2 Å². The van der Waals surface area contributed by atoms with Crippen molar-refractivity contribution in [3.05, 3.63) is 0 Å². The van der Waals surface area contributed by atoms with Crippen LogP contribution in [-0.2, 0) is 4.79 Å². The largest absolute Gasteiger partial charge is 0.480 e. The predicted octanol–water partition coefficient (Wildman–Crippen LogP) is 0.650. The molecule has 3 N–H and O–H groups in total. The van der Waals surface area contributed by atoms with E-state index in [4.69, 9.17) is 5.11 Å². The Hall–Kier alpha value is -1.30. The minimum absolute atomic E-state index is 0.00955. The van der Waals surface area contributed by atoms with Gasteiger partial charge in [0.25, 0.3) is 0 Å². The number of aliphatic carboxylic acids is 1. The molecule has 1 unspecified atom stereocenters. The highest BCUT2D eigenvalue weighted by Crippen LogP contribution is 2.18. The average Bonchev–Trinajstić information content (AvgIpc) is 2.58. The smallest absolute Gasteiger partial charge is 0.326 e. The molecule has 0 aromatic carbocycles. The fraction of sp³-hybridized carbons (Fsp3) is 0.833. The molecule has 0 radical (unpaired) electrons. The zero-order valence-corrected chi connectivity index (χ0v) is 11.1. The standard InChI is InChI=1S/C12H22N2O4/c1-7(2)4-8(3)13-12(18)14-6-9(15)5-10(14)11(16)17/h7-10,15H,4-6H2,1-3H3,(H,13,18)(H,16,17)/t8?,9-,10+/m1/s1. The van der Waals surface area contributed by atoms with Gasteiger partial charge >= 0.3 is 12.0 Å². The second-order valence-electron chi connectivity index (χ2n) is 5.38. The van der Waals surface area contributed by atoms with Crippen molar-refractivity contribution in [2.24, 2.45) is 5.92 Å². The molecule has 1 fully saturated rings. The highest BCUT2D eigenvalue weighted by atomic mass is 16.4. The summed E-state index contributed by atoms with van der Waals surface area (Å²) in [6, 6.07) is -1.34. The fourth-order valence-corrected chi connectivity index (χ4v) is 2.33. The molecule has 1 aliphatic rings. The number of β-amino-alcohol motifs (C(OH)–C–C–N with tert-alkyl or cyclic N) is 1. The van der Waals surface area contributed by atoms with Crippen LogP contribution in [0, 0.1) is 5.92 Å². The molecule has 104 valence electrons. The number of nitrogens with one attached hydrogen (secondary N) is 1. The summed E-state index contributed by atoms with van der Waals surface area (Å²) in [4.78, 5) is 24.1. The number of carbonyl (C=O) groups excluding carboxylic acids is 1. The lowest BCUT2D eigenvalue weighted by molar-refractivity contribution is -0.141. The number of carbonyl (C=O) groups is 2. The number of amides is 2. The summed E-state index contributed by atoms with van der Waals surface area (Å²) in [7, 11) is 0. The average molecular weight is 258 g/mol. The van der Waals surface area contributed by atoms with Gasteiger partial charge in [0, 0.05) is 19.0 Å². The van der Waals surface area contributed by atoms with Crippen molar-refractivity contribution in [3.63, 3.8) is 0 Å². The van der Waals surface area contributed by atoms with Gasteiger partial charge in [0.05, 0.1) is 6.10 Å². The van der Waals surface area contributed by atoms with Gasteiger partial charge in [-0.15, -0.1) is 0 Å². The molecule has 6 nitrogen and oxygen atoms in total. The molecule has 0 bridgehead atoms. The number of hydrogen-bond donors (Lipinski definition) is 3. The first kappa shape index (κ1) is 14.8. The second-order valence-corrected chi connectivity index (χ2v) is 5.38. The van der Waals surface area contributed by atoms with Crippen LogP contribution in [0.2, 0.25) is 0 Å². The van der Waals surface area contributed by atoms with E-state index in [1.165, 1.54) is 4.90 Å². The van der Waals surface area contributed by atoms with Gasteiger partial charge in [-0.1, -0.05) is 13.8 Å². The second kappa shape index (κ2) is 6.04. The molecule has 18 heavy (non-hydrogen) atoms. The van der Waals surface area contributed by atoms with Crippen molar-refractivity contribution >= 4 is 12.0 Å². The number of carboxylic acids is 1. The molecule has 0 aliphatic carbocycles. The van der Waals surface area contributed by atoms with E-state index in [9.17, 15) is 14.7 Å². The van der Waals surface area contributed by atoms with Crippen LogP contribution in [0.5, 0.6) is 0 Å². The SMILES string of the molecule is CC(C)CC(C)NC(=O)N1C[C@H](O)C[C@H]1C(=O)O. The van der Waals surface area contributed by atoms with Gasteiger partial charge < -0.3 is 20.4 Å². The monoisotopic (exact) mass is 258 g/mol. The van der Waals surface area contributed by atoms with Gasteiger partial charge in [-0.05, 0) is 19.3 Å². The first-order valence-electron chi connectivity index (χ1n) is 6.29. The van der Waals surface area contributed by atoms with Gasteiger partial charge in [-0.3, -0.25) is 0 Å². The maximum atomic E-state index is 11.9. The lowest BCUT2D eigenvalue weighted by Crippen LogP contribution is -2.48. The van der Waals surface area contributed by atoms with Gasteiger partial charge in [-0.25, -0.2) is 9.59 Å². The number of likely N-dealkylation sites (tertiary alicyclic amines) is 1. The van der Waals surface area contributed by atoms with E-state index in [2.05, 4.69) is 19.2 Å². The predicted molar refractivity (Wildman–Crippen MR) is 66.2 cm³/mol. The number of nitrogens with zero attached hydrogens (tertiary/aromatic N) is 1. The molecule has 0 saturated carbocycles. The Labute approximate surface area is 107 Å². The minimum atomic E-state index is -1.07. The number of aliphatic hydroxyl groups excluding tert-OH is 1. The first-order valence-corrected chi connectivity index (χ1v) is 6.29. The lowest BCUT2D eigenvalue weighted by atomic mass is 10.1. The molecule has 0 aromatic heterocycles. The number of rotatable bonds is 4. The van der Waals surface area contributed by atoms with E-state index in [-0.39, 0.29) is 19.0 Å². The van der Waals surface area contributed by atoms with Gasteiger partial charge in [0.15, 0.2) is 0 Å². The summed E-state index contributed by atoms with van der Waals surface area (Å²) in [5, 5.41) is 21.2. The molecule has 3 atom stereocenters. The van der Waals surface area contributed by atoms with Gasteiger partial charge in [0.2, 0.25) is 0 Å². The zero-order valence-electron chi connectivity index (χ0n) is 11.1. The number of carboxylic acid groups (broad SMARTS) is 1. The van der Waals surface area contributed by atoms with Crippen LogP contribution in [0.25, 0.3) is 0 Å². The summed E-state index contributed by atoms with van der Waals surface area (Å²) in [6.07, 6.45) is 0.179. The topological polar surface area (TPSA) is 89.9 Å². The number of hydrogen-bond acceptors (Lipinski definition) is 3. The summed E-state index contributed by atoms with van der Waals surface area (Å²) in [5.74, 6) is -0.613. The van der Waals surface area contributed by atoms with Crippen LogP contribution in [0.1, 0.15) is 33.6 Å². The molecule has 1 saturated heterocycles. The van der Waals surface area contributed by atoms with Crippen LogP contribution in [0.3, 0.4) is 0 Å². The molecule has 1 heterocycles. The molecule has 0 aromatic rings. The van der Waals surface area contributed by atoms with E-state index in [1.54, 1.807) is 0 Å². The molecular formula is C12H22N2O4. The van der Waals surface area contributed by atoms with E-state index in [1.807, 2.05) is 6.92 Å². The van der Waals surface area contributed by atoms with Crippen LogP contribution >= 0.6 is 0 Å². The Morgan fingerprint density at radius 1 is 1.39 bits per heavy atom. The minimum Gasteiger partial charge on any atom is -0.480 e. The number of urea groups is 1. The Bertz CT molecular complexity index is 319. The van der Waals surface area contributed by atoms with Crippen molar-refractivity contribution in [2.75, 3.05) is 6.54 Å². The molecule has 1 aliphatic heterocycles. The van der Waals surface area contributed by atoms with E-state index in [0.29, 0.717) is 5.92 Å². The zero-order chi connectivity index (χ0) is 13.9. The quantitative estimate of drug-likeness (QED) is 0.690. The number of aliphatic hydroxyl groups is 1. The molecular weight excluding hydrogens is 236 g/mol. The van der Waals surface area contributed by atoms with E-state index in [0.717, 1.165) is 6.42 Å². The maximum absolute atomic E-state index is 11.9. The molecule has 0 spiro atoms. The Kier molecular flexibility index (Phi) is 4.95. The van der Waals surface area contributed by atoms with Crippen LogP contribution in [-0.4, -0.2) is 51.8 Å². The van der Waals surface area contributed by atoms with Crippen LogP contribution < -0.4 is 5.32 Å². The molecule has 1 rings (SSSR count). The summed E-state index contributed by atoms with van der Waals surface area (Å²) in [6.45, 7) is 6.09. The van der Waals surface area contributed by atoms with Crippen molar-refractivity contribution in [2.45, 2.75) is 51.8 Å². The first-order chi connectivity index (χ1) is 8.31. The highest BCUT2D eigenvalue weighted by molar-refractivity contribution is 5.83. The van der Waals surface area contributed by atoms with Crippen LogP contribution in [0.15, 0.2) is 0 Å². The van der Waals surface area contributed by atoms with Crippen molar-refractivity contribution in [3.8, 4) is 0 Å².